The van der Waals surface area contributed by atoms with Crippen LogP contribution >= 0.6 is 11.3 Å². The zero-order chi connectivity index (χ0) is 19.8. The Morgan fingerprint density at radius 2 is 2.07 bits per heavy atom. The zero-order valence-corrected chi connectivity index (χ0v) is 16.0. The number of anilines is 1. The first-order valence-corrected chi connectivity index (χ1v) is 9.89. The molecular weight excluding hydrogens is 396 g/mol. The molecule has 0 bridgehead atoms. The highest BCUT2D eigenvalue weighted by Gasteiger charge is 2.34. The maximum Gasteiger partial charge on any atom is 0.290 e. The molecule has 2 amide bonds. The minimum Gasteiger partial charge on any atom is -0.459 e. The first-order valence-electron chi connectivity index (χ1n) is 9.08. The van der Waals surface area contributed by atoms with Crippen LogP contribution in [0.3, 0.4) is 0 Å². The monoisotopic (exact) mass is 412 g/mol. The van der Waals surface area contributed by atoms with E-state index < -0.39 is 0 Å². The number of likely N-dealkylation sites (tertiary alicyclic amines) is 1. The van der Waals surface area contributed by atoms with Gasteiger partial charge in [0.2, 0.25) is 11.8 Å². The molecule has 29 heavy (non-hydrogen) atoms. The number of rotatable bonds is 4. The third-order valence-electron chi connectivity index (χ3n) is 4.80. The standard InChI is InChI=1S/C19H16N4O5S/c24-16(20-11-5-6-13-15(9-11)28-10-27-13)18-22-21-17(29-18)12-3-1-7-23(12)19(25)14-4-2-8-26-14/h2,4-6,8-9,12H,1,3,7,10H2,(H,20,24)/t12-/m1/s1. The summed E-state index contributed by atoms with van der Waals surface area (Å²) in [6.07, 6.45) is 3.10. The average molecular weight is 412 g/mol. The van der Waals surface area contributed by atoms with Gasteiger partial charge in [0.25, 0.3) is 11.8 Å². The Labute approximate surface area is 169 Å². The third kappa shape index (κ3) is 3.31. The van der Waals surface area contributed by atoms with E-state index in [0.29, 0.717) is 34.5 Å². The van der Waals surface area contributed by atoms with Crippen molar-refractivity contribution in [3.63, 3.8) is 0 Å². The summed E-state index contributed by atoms with van der Waals surface area (Å²) < 4.78 is 15.8. The van der Waals surface area contributed by atoms with E-state index in [1.165, 1.54) is 17.6 Å². The van der Waals surface area contributed by atoms with E-state index in [0.717, 1.165) is 12.8 Å². The Balaban J connectivity index is 1.31. The third-order valence-corrected chi connectivity index (χ3v) is 5.82. The number of hydrogen-bond donors (Lipinski definition) is 1. The predicted molar refractivity (Wildman–Crippen MR) is 102 cm³/mol. The van der Waals surface area contributed by atoms with E-state index in [4.69, 9.17) is 13.9 Å². The zero-order valence-electron chi connectivity index (χ0n) is 15.2. The lowest BCUT2D eigenvalue weighted by Crippen LogP contribution is -2.30. The van der Waals surface area contributed by atoms with Crippen molar-refractivity contribution in [3.8, 4) is 11.5 Å². The summed E-state index contributed by atoms with van der Waals surface area (Å²) >= 11 is 1.19. The van der Waals surface area contributed by atoms with Gasteiger partial charge in [0.1, 0.15) is 5.01 Å². The molecule has 2 aliphatic heterocycles. The molecule has 0 spiro atoms. The number of nitrogens with zero attached hydrogens (tertiary/aromatic N) is 3. The van der Waals surface area contributed by atoms with Gasteiger partial charge in [0.05, 0.1) is 12.3 Å². The van der Waals surface area contributed by atoms with E-state index in [2.05, 4.69) is 15.5 Å². The second-order valence-electron chi connectivity index (χ2n) is 6.60. The van der Waals surface area contributed by atoms with Gasteiger partial charge in [-0.2, -0.15) is 0 Å². The molecule has 9 nitrogen and oxygen atoms in total. The molecule has 0 saturated carbocycles. The van der Waals surface area contributed by atoms with Crippen LogP contribution in [0, 0.1) is 0 Å². The van der Waals surface area contributed by atoms with Crippen molar-refractivity contribution in [2.45, 2.75) is 18.9 Å². The topological polar surface area (TPSA) is 107 Å². The van der Waals surface area contributed by atoms with Crippen LogP contribution in [0.15, 0.2) is 41.0 Å². The highest BCUT2D eigenvalue weighted by molar-refractivity contribution is 7.13. The van der Waals surface area contributed by atoms with Crippen molar-refractivity contribution in [1.82, 2.24) is 15.1 Å². The van der Waals surface area contributed by atoms with Gasteiger partial charge in [-0.1, -0.05) is 11.3 Å². The van der Waals surface area contributed by atoms with Gasteiger partial charge in [-0.15, -0.1) is 10.2 Å². The fourth-order valence-electron chi connectivity index (χ4n) is 3.43. The molecule has 0 radical (unpaired) electrons. The Morgan fingerprint density at radius 1 is 1.17 bits per heavy atom. The van der Waals surface area contributed by atoms with E-state index in [-0.39, 0.29) is 29.7 Å². The second-order valence-corrected chi connectivity index (χ2v) is 7.61. The van der Waals surface area contributed by atoms with Crippen LogP contribution in [0.4, 0.5) is 5.69 Å². The molecule has 148 valence electrons. The Bertz CT molecular complexity index is 1060. The van der Waals surface area contributed by atoms with Gasteiger partial charge in [-0.05, 0) is 37.1 Å². The molecule has 5 rings (SSSR count). The van der Waals surface area contributed by atoms with Crippen molar-refractivity contribution in [2.75, 3.05) is 18.7 Å². The lowest BCUT2D eigenvalue weighted by molar-refractivity contribution is 0.0702. The largest absolute Gasteiger partial charge is 0.459 e. The van der Waals surface area contributed by atoms with Gasteiger partial charge in [0, 0.05) is 18.3 Å². The van der Waals surface area contributed by atoms with Gasteiger partial charge < -0.3 is 24.1 Å². The molecule has 2 aromatic heterocycles. The minimum absolute atomic E-state index is 0.168. The number of benzene rings is 1. The van der Waals surface area contributed by atoms with Gasteiger partial charge in [0.15, 0.2) is 17.3 Å². The van der Waals surface area contributed by atoms with Crippen molar-refractivity contribution in [2.24, 2.45) is 0 Å². The Morgan fingerprint density at radius 3 is 2.93 bits per heavy atom. The molecule has 0 unspecified atom stereocenters. The number of hydrogen-bond acceptors (Lipinski definition) is 8. The SMILES string of the molecule is O=C(Nc1ccc2c(c1)OCO2)c1nnc([C@H]2CCCN2C(=O)c2ccco2)s1. The first kappa shape index (κ1) is 17.7. The fraction of sp³-hybridized carbons (Fsp3) is 0.263. The van der Waals surface area contributed by atoms with E-state index in [1.807, 2.05) is 0 Å². The maximum atomic E-state index is 12.7. The lowest BCUT2D eigenvalue weighted by atomic mass is 10.2. The van der Waals surface area contributed by atoms with Gasteiger partial charge in [-0.25, -0.2) is 0 Å². The van der Waals surface area contributed by atoms with Crippen molar-refractivity contribution in [3.05, 3.63) is 52.4 Å². The van der Waals surface area contributed by atoms with Crippen LogP contribution in [0.5, 0.6) is 11.5 Å². The summed E-state index contributed by atoms with van der Waals surface area (Å²) in [5, 5.41) is 11.9. The number of aromatic nitrogens is 2. The van der Waals surface area contributed by atoms with Crippen LogP contribution in [0.1, 0.15) is 44.2 Å². The average Bonchev–Trinajstić information content (AvgIpc) is 3.53. The molecule has 1 N–H and O–H groups in total. The fourth-order valence-corrected chi connectivity index (χ4v) is 4.31. The van der Waals surface area contributed by atoms with Crippen LogP contribution in [0.25, 0.3) is 0 Å². The Hall–Kier alpha value is -3.40. The molecule has 1 atom stereocenters. The summed E-state index contributed by atoms with van der Waals surface area (Å²) in [7, 11) is 0. The molecule has 2 aliphatic rings. The number of amides is 2. The van der Waals surface area contributed by atoms with E-state index in [9.17, 15) is 9.59 Å². The highest BCUT2D eigenvalue weighted by atomic mass is 32.1. The quantitative estimate of drug-likeness (QED) is 0.702. The molecular formula is C19H16N4O5S. The summed E-state index contributed by atoms with van der Waals surface area (Å²) in [5.74, 6) is 0.971. The van der Waals surface area contributed by atoms with E-state index >= 15 is 0 Å². The minimum atomic E-state index is -0.366. The van der Waals surface area contributed by atoms with Crippen LogP contribution in [0.2, 0.25) is 0 Å². The molecule has 1 fully saturated rings. The lowest BCUT2D eigenvalue weighted by Gasteiger charge is -2.21. The molecule has 10 heteroatoms. The second kappa shape index (κ2) is 7.21. The van der Waals surface area contributed by atoms with E-state index in [1.54, 1.807) is 35.2 Å². The number of furan rings is 1. The number of ether oxygens (including phenoxy) is 2. The molecule has 1 saturated heterocycles. The van der Waals surface area contributed by atoms with Crippen molar-refractivity contribution in [1.29, 1.82) is 0 Å². The maximum absolute atomic E-state index is 12.7. The normalized spacial score (nSPS) is 17.5. The number of fused-ring (bicyclic) bond motifs is 1. The number of nitrogens with one attached hydrogen (secondary N) is 1. The van der Waals surface area contributed by atoms with Crippen LogP contribution in [-0.2, 0) is 0 Å². The Kier molecular flexibility index (Phi) is 4.39. The summed E-state index contributed by atoms with van der Waals surface area (Å²) in [6.45, 7) is 0.781. The van der Waals surface area contributed by atoms with Crippen LogP contribution in [-0.4, -0.2) is 40.2 Å². The predicted octanol–water partition coefficient (Wildman–Crippen LogP) is 3.09. The molecule has 0 aliphatic carbocycles. The van der Waals surface area contributed by atoms with Crippen molar-refractivity contribution >= 4 is 28.8 Å². The molecule has 3 aromatic rings. The van der Waals surface area contributed by atoms with Crippen molar-refractivity contribution < 1.29 is 23.5 Å². The van der Waals surface area contributed by atoms with Gasteiger partial charge in [-0.3, -0.25) is 9.59 Å². The summed E-state index contributed by atoms with van der Waals surface area (Å²) in [4.78, 5) is 26.9. The van der Waals surface area contributed by atoms with Gasteiger partial charge >= 0.3 is 0 Å². The molecule has 1 aromatic carbocycles. The van der Waals surface area contributed by atoms with Crippen LogP contribution < -0.4 is 14.8 Å². The number of carbonyl (C=O) groups is 2. The number of carbonyl (C=O) groups excluding carboxylic acids is 2. The molecule has 4 heterocycles. The summed E-state index contributed by atoms with van der Waals surface area (Å²) in [6, 6.07) is 8.28. The smallest absolute Gasteiger partial charge is 0.290 e. The highest BCUT2D eigenvalue weighted by Crippen LogP contribution is 2.36. The first-order chi connectivity index (χ1) is 14.2. The summed E-state index contributed by atoms with van der Waals surface area (Å²) in [5.41, 5.74) is 0.575.